The van der Waals surface area contributed by atoms with E-state index in [9.17, 15) is 13.2 Å². The molecule has 1 N–H and O–H groups in total. The molecule has 0 aromatic rings. The summed E-state index contributed by atoms with van der Waals surface area (Å²) in [6, 6.07) is -1.38. The summed E-state index contributed by atoms with van der Waals surface area (Å²) in [4.78, 5) is 0. The Morgan fingerprint density at radius 1 is 1.31 bits per heavy atom. The number of allylic oxidation sites excluding steroid dienone is 2. The van der Waals surface area contributed by atoms with E-state index in [2.05, 4.69) is 5.32 Å². The van der Waals surface area contributed by atoms with Crippen LogP contribution in [0.2, 0.25) is 0 Å². The Morgan fingerprint density at radius 3 is 2.31 bits per heavy atom. The molecule has 0 aromatic heterocycles. The number of hydrogen-bond donors (Lipinski definition) is 1. The third kappa shape index (κ3) is 5.69. The van der Waals surface area contributed by atoms with Crippen LogP contribution in [0.4, 0.5) is 13.2 Å². The van der Waals surface area contributed by atoms with Gasteiger partial charge in [0.2, 0.25) is 0 Å². The second-order valence-electron chi connectivity index (χ2n) is 2.84. The summed E-state index contributed by atoms with van der Waals surface area (Å²) < 4.78 is 36.4. The molecule has 0 aliphatic carbocycles. The minimum absolute atomic E-state index is 0.108. The molecule has 0 heterocycles. The molecule has 1 nitrogen and oxygen atoms in total. The number of halogens is 3. The maximum atomic E-state index is 12.1. The molecule has 0 spiro atoms. The van der Waals surface area contributed by atoms with Crippen LogP contribution in [0, 0.1) is 0 Å². The Bertz CT molecular complexity index is 151. The monoisotopic (exact) mass is 195 g/mol. The van der Waals surface area contributed by atoms with Crippen LogP contribution in [0.5, 0.6) is 0 Å². The summed E-state index contributed by atoms with van der Waals surface area (Å²) in [6.45, 7) is 1.95. The van der Waals surface area contributed by atoms with E-state index < -0.39 is 12.2 Å². The van der Waals surface area contributed by atoms with Crippen molar-refractivity contribution in [2.45, 2.75) is 38.4 Å². The Kier molecular flexibility index (Phi) is 5.79. The van der Waals surface area contributed by atoms with Crippen LogP contribution < -0.4 is 5.32 Å². The van der Waals surface area contributed by atoms with Gasteiger partial charge in [0.25, 0.3) is 0 Å². The van der Waals surface area contributed by atoms with Crippen LogP contribution in [-0.2, 0) is 0 Å². The van der Waals surface area contributed by atoms with Crippen molar-refractivity contribution < 1.29 is 13.2 Å². The van der Waals surface area contributed by atoms with Gasteiger partial charge in [0.1, 0.15) is 6.04 Å². The maximum absolute atomic E-state index is 12.1. The molecule has 0 aliphatic rings. The van der Waals surface area contributed by atoms with Gasteiger partial charge in [-0.15, -0.1) is 0 Å². The lowest BCUT2D eigenvalue weighted by Gasteiger charge is -2.18. The van der Waals surface area contributed by atoms with Crippen LogP contribution in [-0.4, -0.2) is 19.3 Å². The molecule has 78 valence electrons. The number of alkyl halides is 3. The van der Waals surface area contributed by atoms with E-state index in [4.69, 9.17) is 0 Å². The number of hydrogen-bond acceptors (Lipinski definition) is 1. The summed E-state index contributed by atoms with van der Waals surface area (Å²) in [5.74, 6) is 0. The highest BCUT2D eigenvalue weighted by Gasteiger charge is 2.37. The third-order valence-electron chi connectivity index (χ3n) is 1.77. The smallest absolute Gasteiger partial charge is 0.309 e. The highest BCUT2D eigenvalue weighted by atomic mass is 19.4. The van der Waals surface area contributed by atoms with Crippen molar-refractivity contribution in [1.82, 2.24) is 5.32 Å². The van der Waals surface area contributed by atoms with Gasteiger partial charge in [0, 0.05) is 0 Å². The van der Waals surface area contributed by atoms with Crippen molar-refractivity contribution in [3.05, 3.63) is 12.2 Å². The quantitative estimate of drug-likeness (QED) is 0.665. The van der Waals surface area contributed by atoms with Crippen molar-refractivity contribution in [2.24, 2.45) is 0 Å². The predicted molar refractivity (Wildman–Crippen MR) is 47.6 cm³/mol. The second-order valence-corrected chi connectivity index (χ2v) is 2.84. The Morgan fingerprint density at radius 2 is 1.92 bits per heavy atom. The Labute approximate surface area is 77.0 Å². The number of rotatable bonds is 5. The molecule has 0 saturated heterocycles. The fraction of sp³-hybridized carbons (Fsp3) is 0.778. The van der Waals surface area contributed by atoms with Gasteiger partial charge in [0.15, 0.2) is 0 Å². The number of nitrogens with one attached hydrogen (secondary N) is 1. The van der Waals surface area contributed by atoms with Gasteiger partial charge in [-0.2, -0.15) is 13.2 Å². The van der Waals surface area contributed by atoms with Crippen molar-refractivity contribution >= 4 is 0 Å². The summed E-state index contributed by atoms with van der Waals surface area (Å²) in [5.41, 5.74) is 0. The van der Waals surface area contributed by atoms with E-state index in [1.807, 2.05) is 13.0 Å². The van der Waals surface area contributed by atoms with Gasteiger partial charge >= 0.3 is 6.18 Å². The summed E-state index contributed by atoms with van der Waals surface area (Å²) >= 11 is 0. The van der Waals surface area contributed by atoms with Gasteiger partial charge in [-0.05, 0) is 26.3 Å². The summed E-state index contributed by atoms with van der Waals surface area (Å²) in [7, 11) is 1.34. The first kappa shape index (κ1) is 12.5. The molecule has 0 fully saturated rings. The van der Waals surface area contributed by atoms with Crippen molar-refractivity contribution in [2.75, 3.05) is 7.05 Å². The van der Waals surface area contributed by atoms with Crippen LogP contribution >= 0.6 is 0 Å². The van der Waals surface area contributed by atoms with Gasteiger partial charge in [-0.1, -0.05) is 19.1 Å². The molecule has 0 radical (unpaired) electrons. The van der Waals surface area contributed by atoms with Gasteiger partial charge < -0.3 is 5.32 Å². The average Bonchev–Trinajstić information content (AvgIpc) is 2.02. The average molecular weight is 195 g/mol. The molecule has 13 heavy (non-hydrogen) atoms. The first-order valence-electron chi connectivity index (χ1n) is 4.41. The first-order chi connectivity index (χ1) is 6.02. The largest absolute Gasteiger partial charge is 0.403 e. The zero-order chi connectivity index (χ0) is 10.3. The van der Waals surface area contributed by atoms with Crippen LogP contribution in [0.3, 0.4) is 0 Å². The van der Waals surface area contributed by atoms with E-state index in [1.165, 1.54) is 7.05 Å². The fourth-order valence-electron chi connectivity index (χ4n) is 1.02. The van der Waals surface area contributed by atoms with Crippen LogP contribution in [0.1, 0.15) is 26.2 Å². The lowest BCUT2D eigenvalue weighted by atomic mass is 10.1. The minimum atomic E-state index is -4.13. The molecule has 1 unspecified atom stereocenters. The maximum Gasteiger partial charge on any atom is 0.403 e. The zero-order valence-corrected chi connectivity index (χ0v) is 7.99. The standard InChI is InChI=1S/C9H16F3N/c1-3-4-5-6-7-8(13-2)9(10,11)12/h4-5,8,13H,3,6-7H2,1-2H3/b5-4+. The normalized spacial score (nSPS) is 15.2. The molecular weight excluding hydrogens is 179 g/mol. The van der Waals surface area contributed by atoms with E-state index >= 15 is 0 Å². The molecule has 4 heteroatoms. The lowest BCUT2D eigenvalue weighted by molar-refractivity contribution is -0.155. The lowest BCUT2D eigenvalue weighted by Crippen LogP contribution is -2.39. The van der Waals surface area contributed by atoms with Gasteiger partial charge in [-0.25, -0.2) is 0 Å². The Balaban J connectivity index is 3.80. The third-order valence-corrected chi connectivity index (χ3v) is 1.77. The SMILES string of the molecule is CC/C=C/CCC(NC)C(F)(F)F. The molecule has 0 saturated carbocycles. The minimum Gasteiger partial charge on any atom is -0.309 e. The fourth-order valence-corrected chi connectivity index (χ4v) is 1.02. The molecule has 0 amide bonds. The topological polar surface area (TPSA) is 12.0 Å². The van der Waals surface area contributed by atoms with Crippen molar-refractivity contribution in [3.63, 3.8) is 0 Å². The highest BCUT2D eigenvalue weighted by Crippen LogP contribution is 2.23. The summed E-state index contributed by atoms with van der Waals surface area (Å²) in [6.07, 6.45) is 0.986. The molecule has 1 atom stereocenters. The molecule has 0 bridgehead atoms. The summed E-state index contributed by atoms with van der Waals surface area (Å²) in [5, 5.41) is 2.26. The van der Waals surface area contributed by atoms with Crippen molar-refractivity contribution in [1.29, 1.82) is 0 Å². The van der Waals surface area contributed by atoms with Crippen LogP contribution in [0.25, 0.3) is 0 Å². The highest BCUT2D eigenvalue weighted by molar-refractivity contribution is 4.83. The molecule has 0 aliphatic heterocycles. The Hall–Kier alpha value is -0.510. The molecular formula is C9H16F3N. The van der Waals surface area contributed by atoms with Gasteiger partial charge in [-0.3, -0.25) is 0 Å². The molecule has 0 rings (SSSR count). The first-order valence-corrected chi connectivity index (χ1v) is 4.41. The van der Waals surface area contributed by atoms with E-state index in [1.54, 1.807) is 6.08 Å². The zero-order valence-electron chi connectivity index (χ0n) is 7.99. The van der Waals surface area contributed by atoms with E-state index in [0.717, 1.165) is 6.42 Å². The van der Waals surface area contributed by atoms with E-state index in [0.29, 0.717) is 6.42 Å². The van der Waals surface area contributed by atoms with Crippen LogP contribution in [0.15, 0.2) is 12.2 Å². The predicted octanol–water partition coefficient (Wildman–Crippen LogP) is 2.88. The second kappa shape index (κ2) is 6.02. The van der Waals surface area contributed by atoms with E-state index in [-0.39, 0.29) is 6.42 Å². The van der Waals surface area contributed by atoms with Crippen molar-refractivity contribution in [3.8, 4) is 0 Å². The van der Waals surface area contributed by atoms with Gasteiger partial charge in [0.05, 0.1) is 0 Å². The molecule has 0 aromatic carbocycles.